The van der Waals surface area contributed by atoms with E-state index in [-0.39, 0.29) is 29.1 Å². The van der Waals surface area contributed by atoms with Crippen LogP contribution in [-0.4, -0.2) is 68.3 Å². The van der Waals surface area contributed by atoms with Crippen LogP contribution in [0.15, 0.2) is 70.6 Å². The maximum Gasteiger partial charge on any atom is 0.303 e. The first-order valence-corrected chi connectivity index (χ1v) is 17.4. The number of carboxylic acid groups (broad SMARTS) is 1. The number of piperidine rings is 1. The second kappa shape index (κ2) is 13.8. The van der Waals surface area contributed by atoms with Crippen LogP contribution in [0.4, 0.5) is 0 Å². The van der Waals surface area contributed by atoms with Crippen molar-refractivity contribution < 1.29 is 23.1 Å². The maximum atomic E-state index is 13.7. The molecule has 44 heavy (non-hydrogen) atoms. The lowest BCUT2D eigenvalue weighted by Gasteiger charge is -2.34. The van der Waals surface area contributed by atoms with Crippen LogP contribution in [0.2, 0.25) is 0 Å². The average Bonchev–Trinajstić information content (AvgIpc) is 3.53. The summed E-state index contributed by atoms with van der Waals surface area (Å²) in [6, 6.07) is 16.4. The summed E-state index contributed by atoms with van der Waals surface area (Å²) in [5.41, 5.74) is 2.65. The van der Waals surface area contributed by atoms with Gasteiger partial charge in [-0.15, -0.1) is 0 Å². The van der Waals surface area contributed by atoms with E-state index < -0.39 is 16.0 Å². The number of rotatable bonds is 11. The number of nitrogens with zero attached hydrogens (tertiary/aromatic N) is 4. The number of thioether (sulfide) groups is 1. The summed E-state index contributed by atoms with van der Waals surface area (Å²) < 4.78 is 31.2. The van der Waals surface area contributed by atoms with Crippen LogP contribution in [0.5, 0.6) is 0 Å². The van der Waals surface area contributed by atoms with Crippen molar-refractivity contribution in [2.24, 2.45) is 11.8 Å². The second-order valence-corrected chi connectivity index (χ2v) is 15.2. The molecule has 2 aliphatic heterocycles. The van der Waals surface area contributed by atoms with E-state index in [4.69, 9.17) is 22.4 Å². The Morgan fingerprint density at radius 3 is 2.50 bits per heavy atom. The number of unbranched alkanes of at least 4 members (excludes halogenated alkanes) is 2. The van der Waals surface area contributed by atoms with Crippen LogP contribution in [0.1, 0.15) is 51.5 Å². The molecule has 0 bridgehead atoms. The van der Waals surface area contributed by atoms with Crippen LogP contribution in [0, 0.1) is 11.8 Å². The van der Waals surface area contributed by atoms with Crippen LogP contribution >= 0.6 is 24.0 Å². The molecule has 3 heterocycles. The molecule has 2 unspecified atom stereocenters. The Morgan fingerprint density at radius 1 is 1.07 bits per heavy atom. The molecule has 12 heteroatoms. The quantitative estimate of drug-likeness (QED) is 0.151. The number of carbonyl (C=O) groups is 2. The fraction of sp³-hybridized carbons (Fsp3) is 0.375. The number of aromatic nitrogens is 2. The zero-order valence-corrected chi connectivity index (χ0v) is 27.2. The Morgan fingerprint density at radius 2 is 1.80 bits per heavy atom. The first-order valence-electron chi connectivity index (χ1n) is 14.8. The maximum absolute atomic E-state index is 13.7. The number of para-hydroxylation sites is 1. The lowest BCUT2D eigenvalue weighted by atomic mass is 9.94. The molecule has 1 aromatic heterocycles. The van der Waals surface area contributed by atoms with Crippen molar-refractivity contribution in [1.29, 1.82) is 0 Å². The van der Waals surface area contributed by atoms with E-state index in [1.807, 2.05) is 42.6 Å². The second-order valence-electron chi connectivity index (χ2n) is 11.5. The lowest BCUT2D eigenvalue weighted by Crippen LogP contribution is -2.42. The predicted molar refractivity (Wildman–Crippen MR) is 177 cm³/mol. The third-order valence-corrected chi connectivity index (χ3v) is 11.0. The summed E-state index contributed by atoms with van der Waals surface area (Å²) in [6.07, 6.45) is 6.59. The molecule has 2 saturated heterocycles. The fourth-order valence-electron chi connectivity index (χ4n) is 5.74. The molecule has 0 spiro atoms. The van der Waals surface area contributed by atoms with E-state index in [1.165, 1.54) is 11.8 Å². The molecule has 0 radical (unpaired) electrons. The highest BCUT2D eigenvalue weighted by atomic mass is 32.2. The first kappa shape index (κ1) is 32.1. The van der Waals surface area contributed by atoms with Gasteiger partial charge < -0.3 is 5.11 Å². The van der Waals surface area contributed by atoms with Gasteiger partial charge in [0.25, 0.3) is 5.91 Å². The molecule has 1 amide bonds. The number of hydrogen-bond acceptors (Lipinski definition) is 7. The highest BCUT2D eigenvalue weighted by Gasteiger charge is 2.33. The van der Waals surface area contributed by atoms with Gasteiger partial charge in [-0.1, -0.05) is 74.6 Å². The van der Waals surface area contributed by atoms with Gasteiger partial charge in [0.1, 0.15) is 10.0 Å². The van der Waals surface area contributed by atoms with Gasteiger partial charge in [-0.05, 0) is 61.4 Å². The Balaban J connectivity index is 1.46. The Labute approximate surface area is 268 Å². The van der Waals surface area contributed by atoms with Gasteiger partial charge in [-0.2, -0.15) is 9.40 Å². The summed E-state index contributed by atoms with van der Waals surface area (Å²) in [5, 5.41) is 13.7. The molecule has 3 aromatic rings. The average molecular weight is 653 g/mol. The number of carboxylic acids is 1. The molecule has 2 fully saturated rings. The number of sulfonamides is 1. The molecule has 2 aliphatic rings. The zero-order valence-electron chi connectivity index (χ0n) is 24.8. The number of benzene rings is 2. The van der Waals surface area contributed by atoms with Crippen LogP contribution in [0.25, 0.3) is 23.0 Å². The van der Waals surface area contributed by atoms with Crippen molar-refractivity contribution in [1.82, 2.24) is 19.0 Å². The lowest BCUT2D eigenvalue weighted by molar-refractivity contribution is -0.137. The van der Waals surface area contributed by atoms with Gasteiger partial charge in [0, 0.05) is 43.4 Å². The monoisotopic (exact) mass is 652 g/mol. The van der Waals surface area contributed by atoms with Gasteiger partial charge in [0.05, 0.1) is 15.5 Å². The highest BCUT2D eigenvalue weighted by Crippen LogP contribution is 2.36. The van der Waals surface area contributed by atoms with E-state index in [0.29, 0.717) is 64.9 Å². The number of thiocarbonyl (C=S) groups is 1. The SMILES string of the molecule is CC1CC(C)CN(S(=O)(=O)c2cccc(-c3nn(-c4ccccc4)cc3/C=C3\SC(=S)N(CCCCCC(=O)O)C3=O)c2)C1. The van der Waals surface area contributed by atoms with Crippen LogP contribution < -0.4 is 0 Å². The minimum absolute atomic E-state index is 0.102. The summed E-state index contributed by atoms with van der Waals surface area (Å²) >= 11 is 6.73. The number of aliphatic carboxylic acids is 1. The van der Waals surface area contributed by atoms with E-state index in [9.17, 15) is 18.0 Å². The van der Waals surface area contributed by atoms with E-state index in [2.05, 4.69) is 13.8 Å². The number of hydrogen-bond donors (Lipinski definition) is 1. The number of amides is 1. The minimum Gasteiger partial charge on any atom is -0.481 e. The van der Waals surface area contributed by atoms with Crippen LogP contribution in [0.3, 0.4) is 0 Å². The third-order valence-electron chi connectivity index (χ3n) is 7.78. The van der Waals surface area contributed by atoms with E-state index >= 15 is 0 Å². The predicted octanol–water partition coefficient (Wildman–Crippen LogP) is 6.05. The van der Waals surface area contributed by atoms with Crippen molar-refractivity contribution in [3.05, 3.63) is 71.3 Å². The summed E-state index contributed by atoms with van der Waals surface area (Å²) in [6.45, 7) is 5.57. The summed E-state index contributed by atoms with van der Waals surface area (Å²) in [7, 11) is -3.71. The van der Waals surface area contributed by atoms with Crippen molar-refractivity contribution >= 4 is 56.3 Å². The van der Waals surface area contributed by atoms with Crippen molar-refractivity contribution in [2.45, 2.75) is 50.8 Å². The Kier molecular flexibility index (Phi) is 10.0. The van der Waals surface area contributed by atoms with Gasteiger partial charge in [0.15, 0.2) is 0 Å². The standard InChI is InChI=1S/C32H36N4O5S3/c1-22-16-23(2)20-34(19-22)44(40,41)27-13-9-10-24(17-27)30-25(21-36(33-30)26-11-5-3-6-12-26)18-28-31(39)35(32(42)43-28)15-8-4-7-14-29(37)38/h3,5-6,9-13,17-18,21-23H,4,7-8,14-16,19-20H2,1-2H3,(H,37,38)/b28-18-. The van der Waals surface area contributed by atoms with Crippen molar-refractivity contribution in [2.75, 3.05) is 19.6 Å². The molecule has 5 rings (SSSR count). The number of carbonyl (C=O) groups excluding carboxylic acids is 1. The Hall–Kier alpha value is -3.32. The molecule has 0 saturated carbocycles. The van der Waals surface area contributed by atoms with Crippen molar-refractivity contribution in [3.8, 4) is 16.9 Å². The van der Waals surface area contributed by atoms with Gasteiger partial charge in [-0.25, -0.2) is 13.1 Å². The smallest absolute Gasteiger partial charge is 0.303 e. The summed E-state index contributed by atoms with van der Waals surface area (Å²) in [5.74, 6) is -0.466. The normalized spacial score (nSPS) is 20.5. The molecule has 2 aromatic carbocycles. The molecular weight excluding hydrogens is 617 g/mol. The largest absolute Gasteiger partial charge is 0.481 e. The topological polar surface area (TPSA) is 113 Å². The third kappa shape index (κ3) is 7.31. The zero-order chi connectivity index (χ0) is 31.4. The van der Waals surface area contributed by atoms with Gasteiger partial charge >= 0.3 is 5.97 Å². The fourth-order valence-corrected chi connectivity index (χ4v) is 8.77. The highest BCUT2D eigenvalue weighted by molar-refractivity contribution is 8.26. The molecule has 2 atom stereocenters. The molecule has 232 valence electrons. The molecule has 9 nitrogen and oxygen atoms in total. The minimum atomic E-state index is -3.71. The van der Waals surface area contributed by atoms with Gasteiger partial charge in [-0.3, -0.25) is 14.5 Å². The van der Waals surface area contributed by atoms with E-state index in [1.54, 1.807) is 38.2 Å². The Bertz CT molecular complexity index is 1680. The summed E-state index contributed by atoms with van der Waals surface area (Å²) in [4.78, 5) is 26.4. The van der Waals surface area contributed by atoms with Gasteiger partial charge in [0.2, 0.25) is 10.0 Å². The molecule has 1 N–H and O–H groups in total. The van der Waals surface area contributed by atoms with Crippen LogP contribution in [-0.2, 0) is 19.6 Å². The van der Waals surface area contributed by atoms with Crippen molar-refractivity contribution in [3.63, 3.8) is 0 Å². The van der Waals surface area contributed by atoms with E-state index in [0.717, 1.165) is 12.1 Å². The molecular formula is C32H36N4O5S3. The molecule has 0 aliphatic carbocycles. The first-order chi connectivity index (χ1) is 21.0.